The van der Waals surface area contributed by atoms with Crippen LogP contribution in [-0.2, 0) is 0 Å². The maximum Gasteiger partial charge on any atom is 0.337 e. The number of rotatable bonds is 6. The smallest absolute Gasteiger partial charge is 0.337 e. The number of carboxylic acids is 4. The van der Waals surface area contributed by atoms with Crippen LogP contribution in [0, 0.1) is 0 Å². The number of benzene rings is 2. The highest BCUT2D eigenvalue weighted by atomic mass is 16.4. The number of carbonyl (C=O) groups excluding carboxylic acids is 1. The van der Waals surface area contributed by atoms with E-state index in [0.717, 1.165) is 0 Å². The van der Waals surface area contributed by atoms with Crippen molar-refractivity contribution in [2.45, 2.75) is 0 Å². The van der Waals surface area contributed by atoms with E-state index in [1.54, 1.807) is 6.07 Å². The maximum atomic E-state index is 12.7. The number of aromatic carboxylic acids is 4. The molecule has 4 N–H and O–H groups in total. The number of hydrogen-bond acceptors (Lipinski definition) is 5. The Morgan fingerprint density at radius 3 is 1.35 bits per heavy atom. The second kappa shape index (κ2) is 6.85. The molecule has 0 bridgehead atoms. The van der Waals surface area contributed by atoms with Gasteiger partial charge in [0.25, 0.3) is 0 Å². The summed E-state index contributed by atoms with van der Waals surface area (Å²) in [7, 11) is 0. The monoisotopic (exact) mass is 358 g/mol. The zero-order valence-corrected chi connectivity index (χ0v) is 12.8. The summed E-state index contributed by atoms with van der Waals surface area (Å²) in [6.45, 7) is 0. The van der Waals surface area contributed by atoms with Gasteiger partial charge < -0.3 is 20.4 Å². The molecular formula is C17H10O9. The number of ketones is 1. The summed E-state index contributed by atoms with van der Waals surface area (Å²) < 4.78 is 0. The van der Waals surface area contributed by atoms with Crippen molar-refractivity contribution in [1.82, 2.24) is 0 Å². The molecule has 0 heterocycles. The average Bonchev–Trinajstić information content (AvgIpc) is 2.59. The van der Waals surface area contributed by atoms with Crippen LogP contribution in [0.1, 0.15) is 57.4 Å². The quantitative estimate of drug-likeness (QED) is 0.562. The molecule has 2 aromatic carbocycles. The zero-order chi connectivity index (χ0) is 19.6. The molecule has 0 aliphatic carbocycles. The fraction of sp³-hybridized carbons (Fsp3) is 0. The van der Waals surface area contributed by atoms with Crippen molar-refractivity contribution >= 4 is 29.7 Å². The van der Waals surface area contributed by atoms with Gasteiger partial charge in [0.15, 0.2) is 5.78 Å². The Balaban J connectivity index is 3.04. The van der Waals surface area contributed by atoms with Gasteiger partial charge in [-0.1, -0.05) is 30.3 Å². The fourth-order valence-corrected chi connectivity index (χ4v) is 2.43. The first-order valence-corrected chi connectivity index (χ1v) is 6.90. The number of hydrogen-bond donors (Lipinski definition) is 4. The van der Waals surface area contributed by atoms with Gasteiger partial charge in [-0.25, -0.2) is 19.2 Å². The van der Waals surface area contributed by atoms with Crippen LogP contribution in [0.3, 0.4) is 0 Å². The first-order valence-electron chi connectivity index (χ1n) is 6.90. The predicted molar refractivity (Wildman–Crippen MR) is 84.2 cm³/mol. The van der Waals surface area contributed by atoms with E-state index in [0.29, 0.717) is 6.07 Å². The first-order chi connectivity index (χ1) is 12.2. The standard InChI is InChI=1S/C17H10O9/c18-13(7-4-2-1-3-5-7)12-10(16(23)24)8(14(19)20)6-9(15(21)22)11(12)17(25)26/h1-6H,(H,19,20)(H,21,22)(H,23,24)(H,25,26). The SMILES string of the molecule is O=C(O)c1cc(C(=O)O)c(C(=O)O)c(C(=O)c2ccccc2)c1C(=O)O. The second-order valence-corrected chi connectivity index (χ2v) is 5.01. The molecule has 0 saturated heterocycles. The summed E-state index contributed by atoms with van der Waals surface area (Å²) in [5.74, 6) is -8.50. The molecule has 0 radical (unpaired) electrons. The van der Waals surface area contributed by atoms with Gasteiger partial charge in [-0.15, -0.1) is 0 Å². The summed E-state index contributed by atoms with van der Waals surface area (Å²) in [6, 6.07) is 7.32. The van der Waals surface area contributed by atoms with Gasteiger partial charge in [0.05, 0.1) is 27.8 Å². The lowest BCUT2D eigenvalue weighted by molar-refractivity contribution is 0.0633. The summed E-state index contributed by atoms with van der Waals surface area (Å²) in [5, 5.41) is 37.2. The Hall–Kier alpha value is -4.01. The van der Waals surface area contributed by atoms with E-state index >= 15 is 0 Å². The van der Waals surface area contributed by atoms with Crippen LogP contribution in [0.5, 0.6) is 0 Å². The highest BCUT2D eigenvalue weighted by Gasteiger charge is 2.34. The highest BCUT2D eigenvalue weighted by Crippen LogP contribution is 2.27. The largest absolute Gasteiger partial charge is 0.478 e. The molecule has 0 amide bonds. The molecule has 0 unspecified atom stereocenters. The third-order valence-corrected chi connectivity index (χ3v) is 3.48. The maximum absolute atomic E-state index is 12.7. The van der Waals surface area contributed by atoms with Gasteiger partial charge in [0.2, 0.25) is 0 Å². The minimum atomic E-state index is -1.87. The Kier molecular flexibility index (Phi) is 4.83. The third-order valence-electron chi connectivity index (χ3n) is 3.48. The number of carboxylic acid groups (broad SMARTS) is 4. The van der Waals surface area contributed by atoms with Crippen LogP contribution < -0.4 is 0 Å². The van der Waals surface area contributed by atoms with Gasteiger partial charge in [-0.2, -0.15) is 0 Å². The van der Waals surface area contributed by atoms with E-state index in [1.807, 2.05) is 0 Å². The van der Waals surface area contributed by atoms with Crippen molar-refractivity contribution in [3.8, 4) is 0 Å². The Morgan fingerprint density at radius 1 is 0.577 bits per heavy atom. The van der Waals surface area contributed by atoms with Crippen LogP contribution in [-0.4, -0.2) is 50.1 Å². The molecule has 0 atom stereocenters. The average molecular weight is 358 g/mol. The normalized spacial score (nSPS) is 10.2. The fourth-order valence-electron chi connectivity index (χ4n) is 2.43. The van der Waals surface area contributed by atoms with Crippen molar-refractivity contribution in [2.75, 3.05) is 0 Å². The number of carbonyl (C=O) groups is 5. The summed E-state index contributed by atoms with van der Waals surface area (Å²) in [6.07, 6.45) is 0. The van der Waals surface area contributed by atoms with Gasteiger partial charge in [0.1, 0.15) is 0 Å². The first kappa shape index (κ1) is 18.3. The molecule has 9 nitrogen and oxygen atoms in total. The molecule has 26 heavy (non-hydrogen) atoms. The molecule has 0 aliphatic rings. The van der Waals surface area contributed by atoms with E-state index in [4.69, 9.17) is 0 Å². The lowest BCUT2D eigenvalue weighted by atomic mass is 9.87. The molecule has 132 valence electrons. The summed E-state index contributed by atoms with van der Waals surface area (Å²) >= 11 is 0. The molecule has 2 rings (SSSR count). The lowest BCUT2D eigenvalue weighted by Crippen LogP contribution is -2.23. The van der Waals surface area contributed by atoms with Crippen LogP contribution in [0.25, 0.3) is 0 Å². The predicted octanol–water partition coefficient (Wildman–Crippen LogP) is 1.71. The van der Waals surface area contributed by atoms with Gasteiger partial charge in [0, 0.05) is 5.56 Å². The Bertz CT molecular complexity index is 908. The van der Waals surface area contributed by atoms with E-state index in [2.05, 4.69) is 0 Å². The van der Waals surface area contributed by atoms with E-state index < -0.39 is 57.5 Å². The van der Waals surface area contributed by atoms with Crippen LogP contribution in [0.4, 0.5) is 0 Å². The molecule has 0 aliphatic heterocycles. The Morgan fingerprint density at radius 2 is 1.00 bits per heavy atom. The van der Waals surface area contributed by atoms with E-state index in [-0.39, 0.29) is 5.56 Å². The molecule has 0 fully saturated rings. The van der Waals surface area contributed by atoms with Crippen molar-refractivity contribution in [3.63, 3.8) is 0 Å². The van der Waals surface area contributed by atoms with Crippen LogP contribution in [0.15, 0.2) is 36.4 Å². The van der Waals surface area contributed by atoms with Crippen molar-refractivity contribution < 1.29 is 44.4 Å². The van der Waals surface area contributed by atoms with Gasteiger partial charge in [-0.3, -0.25) is 4.79 Å². The Labute approximate surface area is 144 Å². The topological polar surface area (TPSA) is 166 Å². The molecular weight excluding hydrogens is 348 g/mol. The molecule has 0 aromatic heterocycles. The van der Waals surface area contributed by atoms with Crippen LogP contribution in [0.2, 0.25) is 0 Å². The summed E-state index contributed by atoms with van der Waals surface area (Å²) in [5.41, 5.74) is -5.31. The van der Waals surface area contributed by atoms with Gasteiger partial charge in [-0.05, 0) is 6.07 Å². The minimum Gasteiger partial charge on any atom is -0.478 e. The van der Waals surface area contributed by atoms with Crippen LogP contribution >= 0.6 is 0 Å². The molecule has 0 spiro atoms. The highest BCUT2D eigenvalue weighted by molar-refractivity contribution is 6.23. The molecule has 2 aromatic rings. The second-order valence-electron chi connectivity index (χ2n) is 5.01. The van der Waals surface area contributed by atoms with Crippen molar-refractivity contribution in [3.05, 3.63) is 69.8 Å². The van der Waals surface area contributed by atoms with Gasteiger partial charge >= 0.3 is 23.9 Å². The summed E-state index contributed by atoms with van der Waals surface area (Å²) in [4.78, 5) is 58.7. The van der Waals surface area contributed by atoms with E-state index in [9.17, 15) is 44.4 Å². The van der Waals surface area contributed by atoms with Crippen molar-refractivity contribution in [2.24, 2.45) is 0 Å². The zero-order valence-electron chi connectivity index (χ0n) is 12.8. The molecule has 9 heteroatoms. The third kappa shape index (κ3) is 3.13. The minimum absolute atomic E-state index is 0.128. The van der Waals surface area contributed by atoms with Crippen molar-refractivity contribution in [1.29, 1.82) is 0 Å². The van der Waals surface area contributed by atoms with E-state index in [1.165, 1.54) is 24.3 Å². The lowest BCUT2D eigenvalue weighted by Gasteiger charge is -2.14. The molecule has 0 saturated carbocycles.